The molecular weight excluding hydrogens is 397 g/mol. The molecule has 3 rings (SSSR count). The van der Waals surface area contributed by atoms with Crippen molar-refractivity contribution in [3.63, 3.8) is 0 Å². The molecule has 0 radical (unpaired) electrons. The van der Waals surface area contributed by atoms with E-state index >= 15 is 0 Å². The predicted molar refractivity (Wildman–Crippen MR) is 117 cm³/mol. The molecule has 3 aromatic carbocycles. The lowest BCUT2D eigenvalue weighted by Gasteiger charge is -2.10. The summed E-state index contributed by atoms with van der Waals surface area (Å²) in [6.07, 6.45) is 1.96. The van der Waals surface area contributed by atoms with Gasteiger partial charge < -0.3 is 10.6 Å². The summed E-state index contributed by atoms with van der Waals surface area (Å²) in [6.45, 7) is 0.475. The third-order valence-electron chi connectivity index (χ3n) is 4.16. The van der Waals surface area contributed by atoms with Crippen LogP contribution in [0.5, 0.6) is 0 Å². The highest BCUT2D eigenvalue weighted by Crippen LogP contribution is 2.33. The van der Waals surface area contributed by atoms with Crippen LogP contribution in [0.1, 0.15) is 5.56 Å². The van der Waals surface area contributed by atoms with Gasteiger partial charge in [-0.2, -0.15) is 5.26 Å². The van der Waals surface area contributed by atoms with Crippen LogP contribution >= 0.6 is 11.8 Å². The van der Waals surface area contributed by atoms with E-state index in [4.69, 9.17) is 0 Å². The Morgan fingerprint density at radius 1 is 1.03 bits per heavy atom. The first-order valence-electron chi connectivity index (χ1n) is 9.37. The molecule has 0 aliphatic carbocycles. The van der Waals surface area contributed by atoms with Crippen LogP contribution < -0.4 is 10.6 Å². The summed E-state index contributed by atoms with van der Waals surface area (Å²) in [5.41, 5.74) is 1.44. The highest BCUT2D eigenvalue weighted by Gasteiger charge is 2.12. The van der Waals surface area contributed by atoms with E-state index in [9.17, 15) is 14.4 Å². The molecule has 0 saturated heterocycles. The Labute approximate surface area is 179 Å². The Bertz CT molecular complexity index is 1080. The number of amides is 1. The van der Waals surface area contributed by atoms with Gasteiger partial charge in [-0.3, -0.25) is 4.79 Å². The number of nitrogens with one attached hydrogen (secondary N) is 2. The Balaban J connectivity index is 1.61. The van der Waals surface area contributed by atoms with Crippen molar-refractivity contribution >= 4 is 23.4 Å². The molecule has 150 valence electrons. The zero-order chi connectivity index (χ0) is 21.2. The number of nitrogens with zero attached hydrogens (tertiary/aromatic N) is 1. The van der Waals surface area contributed by atoms with Gasteiger partial charge in [0.15, 0.2) is 0 Å². The number of rotatable bonds is 8. The molecule has 0 aliphatic rings. The van der Waals surface area contributed by atoms with E-state index in [-0.39, 0.29) is 11.4 Å². The van der Waals surface area contributed by atoms with Gasteiger partial charge in [0.1, 0.15) is 17.5 Å². The lowest BCUT2D eigenvalue weighted by Crippen LogP contribution is -2.18. The summed E-state index contributed by atoms with van der Waals surface area (Å²) in [5.74, 6) is -0.774. The topological polar surface area (TPSA) is 64.9 Å². The zero-order valence-electron chi connectivity index (χ0n) is 16.1. The van der Waals surface area contributed by atoms with Crippen LogP contribution in [-0.2, 0) is 11.2 Å². The number of benzene rings is 3. The third-order valence-corrected chi connectivity index (χ3v) is 5.25. The average molecular weight is 418 g/mol. The number of nitriles is 1. The van der Waals surface area contributed by atoms with Crippen molar-refractivity contribution in [2.45, 2.75) is 16.2 Å². The Morgan fingerprint density at radius 2 is 1.80 bits per heavy atom. The fraction of sp³-hybridized carbons (Fsp3) is 0.0833. The van der Waals surface area contributed by atoms with E-state index in [1.807, 2.05) is 60.7 Å². The van der Waals surface area contributed by atoms with Crippen LogP contribution in [-0.4, -0.2) is 12.5 Å². The highest BCUT2D eigenvalue weighted by atomic mass is 32.2. The van der Waals surface area contributed by atoms with Crippen molar-refractivity contribution in [2.24, 2.45) is 0 Å². The summed E-state index contributed by atoms with van der Waals surface area (Å²) in [6, 6.07) is 25.5. The maximum absolute atomic E-state index is 13.2. The van der Waals surface area contributed by atoms with Gasteiger partial charge in [0.25, 0.3) is 5.91 Å². The van der Waals surface area contributed by atoms with Crippen molar-refractivity contribution in [1.82, 2.24) is 5.32 Å². The SMILES string of the molecule is N#C/C(=C/NCCc1cccc(F)c1)C(=O)Nc1ccccc1Sc1ccccc1. The fourth-order valence-electron chi connectivity index (χ4n) is 2.70. The molecule has 0 atom stereocenters. The first kappa shape index (κ1) is 21.2. The number of carbonyl (C=O) groups is 1. The van der Waals surface area contributed by atoms with Gasteiger partial charge in [-0.25, -0.2) is 4.39 Å². The third kappa shape index (κ3) is 6.23. The van der Waals surface area contributed by atoms with Crippen LogP contribution in [0, 0.1) is 17.1 Å². The lowest BCUT2D eigenvalue weighted by atomic mass is 10.1. The van der Waals surface area contributed by atoms with E-state index in [1.54, 1.807) is 12.1 Å². The van der Waals surface area contributed by atoms with Crippen molar-refractivity contribution in [3.8, 4) is 6.07 Å². The lowest BCUT2D eigenvalue weighted by molar-refractivity contribution is -0.112. The summed E-state index contributed by atoms with van der Waals surface area (Å²) in [4.78, 5) is 14.5. The number of para-hydroxylation sites is 1. The molecule has 0 saturated carbocycles. The summed E-state index contributed by atoms with van der Waals surface area (Å²) >= 11 is 1.53. The average Bonchev–Trinajstić information content (AvgIpc) is 2.76. The van der Waals surface area contributed by atoms with E-state index < -0.39 is 5.91 Å². The standard InChI is InChI=1S/C24H20FN3OS/c25-20-8-6-7-18(15-20)13-14-27-17-19(16-26)24(29)28-22-11-4-5-12-23(22)30-21-9-2-1-3-10-21/h1-12,15,17,27H,13-14H2,(H,28,29)/b19-17-. The van der Waals surface area contributed by atoms with Crippen LogP contribution in [0.2, 0.25) is 0 Å². The maximum atomic E-state index is 13.2. The summed E-state index contributed by atoms with van der Waals surface area (Å²) < 4.78 is 13.2. The number of hydrogen-bond acceptors (Lipinski definition) is 4. The van der Waals surface area contributed by atoms with Crippen LogP contribution in [0.15, 0.2) is 100 Å². The molecule has 0 fully saturated rings. The molecule has 0 aromatic heterocycles. The molecule has 4 nitrogen and oxygen atoms in total. The number of anilines is 1. The molecule has 0 spiro atoms. The molecule has 0 bridgehead atoms. The second kappa shape index (κ2) is 10.8. The van der Waals surface area contributed by atoms with E-state index in [0.717, 1.165) is 15.4 Å². The fourth-order valence-corrected chi connectivity index (χ4v) is 3.62. The largest absolute Gasteiger partial charge is 0.389 e. The molecule has 0 heterocycles. The summed E-state index contributed by atoms with van der Waals surface area (Å²) in [5, 5.41) is 15.1. The van der Waals surface area contributed by atoms with Gasteiger partial charge in [-0.05, 0) is 48.4 Å². The molecule has 1 amide bonds. The quantitative estimate of drug-likeness (QED) is 0.302. The van der Waals surface area contributed by atoms with Gasteiger partial charge >= 0.3 is 0 Å². The van der Waals surface area contributed by atoms with Gasteiger partial charge in [-0.15, -0.1) is 0 Å². The van der Waals surface area contributed by atoms with Crippen molar-refractivity contribution in [1.29, 1.82) is 5.26 Å². The van der Waals surface area contributed by atoms with Gasteiger partial charge in [0.2, 0.25) is 0 Å². The molecule has 2 N–H and O–H groups in total. The maximum Gasteiger partial charge on any atom is 0.267 e. The van der Waals surface area contributed by atoms with Crippen molar-refractivity contribution in [3.05, 3.63) is 102 Å². The van der Waals surface area contributed by atoms with Crippen LogP contribution in [0.25, 0.3) is 0 Å². The Morgan fingerprint density at radius 3 is 2.57 bits per heavy atom. The second-order valence-electron chi connectivity index (χ2n) is 6.37. The van der Waals surface area contributed by atoms with Gasteiger partial charge in [0.05, 0.1) is 5.69 Å². The number of halogens is 1. The molecular formula is C24H20FN3OS. The smallest absolute Gasteiger partial charge is 0.267 e. The Hall–Kier alpha value is -3.56. The first-order valence-corrected chi connectivity index (χ1v) is 10.2. The second-order valence-corrected chi connectivity index (χ2v) is 7.48. The first-order chi connectivity index (χ1) is 14.7. The minimum atomic E-state index is -0.489. The van der Waals surface area contributed by atoms with E-state index in [0.29, 0.717) is 18.7 Å². The normalized spacial score (nSPS) is 10.9. The minimum Gasteiger partial charge on any atom is -0.389 e. The predicted octanol–water partition coefficient (Wildman–Crippen LogP) is 5.16. The van der Waals surface area contributed by atoms with Crippen LogP contribution in [0.4, 0.5) is 10.1 Å². The number of hydrogen-bond donors (Lipinski definition) is 2. The zero-order valence-corrected chi connectivity index (χ0v) is 17.0. The van der Waals surface area contributed by atoms with Crippen molar-refractivity contribution < 1.29 is 9.18 Å². The molecule has 0 aliphatic heterocycles. The Kier molecular flexibility index (Phi) is 7.64. The molecule has 6 heteroatoms. The minimum absolute atomic E-state index is 0.0336. The van der Waals surface area contributed by atoms with Gasteiger partial charge in [-0.1, -0.05) is 54.2 Å². The molecule has 0 unspecified atom stereocenters. The molecule has 30 heavy (non-hydrogen) atoms. The highest BCUT2D eigenvalue weighted by molar-refractivity contribution is 7.99. The van der Waals surface area contributed by atoms with E-state index in [1.165, 1.54) is 30.1 Å². The van der Waals surface area contributed by atoms with E-state index in [2.05, 4.69) is 10.6 Å². The molecule has 3 aromatic rings. The van der Waals surface area contributed by atoms with Crippen molar-refractivity contribution in [2.75, 3.05) is 11.9 Å². The summed E-state index contributed by atoms with van der Waals surface area (Å²) in [7, 11) is 0. The van der Waals surface area contributed by atoms with Gasteiger partial charge in [0, 0.05) is 22.5 Å². The monoisotopic (exact) mass is 417 g/mol. The van der Waals surface area contributed by atoms with Crippen LogP contribution in [0.3, 0.4) is 0 Å². The number of carbonyl (C=O) groups excluding carboxylic acids is 1.